The zero-order valence-corrected chi connectivity index (χ0v) is 13.8. The molecule has 0 spiro atoms. The molecule has 1 aromatic rings. The summed E-state index contributed by atoms with van der Waals surface area (Å²) in [5, 5.41) is 0.650. The predicted molar refractivity (Wildman–Crippen MR) is 84.6 cm³/mol. The highest BCUT2D eigenvalue weighted by atomic mass is 35.5. The molecular formula is C14H23ClN2O2S. The Morgan fingerprint density at radius 3 is 2.35 bits per heavy atom. The minimum absolute atomic E-state index is 0.152. The molecule has 6 heteroatoms. The van der Waals surface area contributed by atoms with Crippen molar-refractivity contribution >= 4 is 21.6 Å². The van der Waals surface area contributed by atoms with E-state index in [4.69, 9.17) is 11.6 Å². The van der Waals surface area contributed by atoms with Gasteiger partial charge in [0.15, 0.2) is 0 Å². The van der Waals surface area contributed by atoms with Crippen molar-refractivity contribution in [1.82, 2.24) is 9.62 Å². The van der Waals surface area contributed by atoms with Crippen molar-refractivity contribution in [2.75, 3.05) is 26.4 Å². The molecule has 0 aliphatic rings. The van der Waals surface area contributed by atoms with Gasteiger partial charge in [0.2, 0.25) is 10.0 Å². The Labute approximate surface area is 127 Å². The zero-order chi connectivity index (χ0) is 15.2. The molecule has 1 N–H and O–H groups in total. The number of rotatable bonds is 8. The molecular weight excluding hydrogens is 296 g/mol. The van der Waals surface area contributed by atoms with E-state index < -0.39 is 10.0 Å². The topological polar surface area (TPSA) is 49.4 Å². The minimum atomic E-state index is -3.24. The highest BCUT2D eigenvalue weighted by molar-refractivity contribution is 7.89. The summed E-state index contributed by atoms with van der Waals surface area (Å²) in [5.74, 6) is 0.152. The molecule has 0 radical (unpaired) electrons. The summed E-state index contributed by atoms with van der Waals surface area (Å²) in [7, 11) is 0.705. The van der Waals surface area contributed by atoms with Crippen LogP contribution >= 0.6 is 11.6 Å². The Bertz CT molecular complexity index is 500. The van der Waals surface area contributed by atoms with Crippen molar-refractivity contribution in [1.29, 1.82) is 0 Å². The molecule has 0 aliphatic heterocycles. The van der Waals surface area contributed by atoms with Crippen LogP contribution in [-0.4, -0.2) is 39.7 Å². The van der Waals surface area contributed by atoms with E-state index in [-0.39, 0.29) is 11.8 Å². The first-order chi connectivity index (χ1) is 9.34. The average Bonchev–Trinajstić information content (AvgIpc) is 2.35. The fourth-order valence-electron chi connectivity index (χ4n) is 1.92. The van der Waals surface area contributed by atoms with E-state index in [2.05, 4.69) is 4.72 Å². The average molecular weight is 319 g/mol. The monoisotopic (exact) mass is 318 g/mol. The fourth-order valence-corrected chi connectivity index (χ4v) is 3.39. The predicted octanol–water partition coefficient (Wildman–Crippen LogP) is 2.66. The van der Waals surface area contributed by atoms with Crippen LogP contribution in [0.1, 0.15) is 31.4 Å². The maximum atomic E-state index is 12.0. The SMILES string of the molecule is CCCS(=O)(=O)NC(CCN(C)C)c1ccc(Cl)cc1. The summed E-state index contributed by atoms with van der Waals surface area (Å²) in [6.07, 6.45) is 1.33. The normalized spacial score (nSPS) is 13.7. The Kier molecular flexibility index (Phi) is 6.95. The number of sulfonamides is 1. The molecule has 0 aliphatic carbocycles. The van der Waals surface area contributed by atoms with Crippen LogP contribution in [0.25, 0.3) is 0 Å². The summed E-state index contributed by atoms with van der Waals surface area (Å²) in [4.78, 5) is 2.04. The van der Waals surface area contributed by atoms with Crippen molar-refractivity contribution in [3.63, 3.8) is 0 Å². The van der Waals surface area contributed by atoms with Crippen molar-refractivity contribution in [2.45, 2.75) is 25.8 Å². The van der Waals surface area contributed by atoms with Crippen molar-refractivity contribution in [2.24, 2.45) is 0 Å². The Morgan fingerprint density at radius 2 is 1.85 bits per heavy atom. The van der Waals surface area contributed by atoms with Crippen LogP contribution in [0.4, 0.5) is 0 Å². The first-order valence-corrected chi connectivity index (χ1v) is 8.77. The van der Waals surface area contributed by atoms with Crippen LogP contribution in [-0.2, 0) is 10.0 Å². The van der Waals surface area contributed by atoms with Crippen LogP contribution in [0.2, 0.25) is 5.02 Å². The lowest BCUT2D eigenvalue weighted by Gasteiger charge is -2.21. The van der Waals surface area contributed by atoms with Crippen LogP contribution < -0.4 is 4.72 Å². The molecule has 1 unspecified atom stereocenters. The van der Waals surface area contributed by atoms with Gasteiger partial charge >= 0.3 is 0 Å². The summed E-state index contributed by atoms with van der Waals surface area (Å²) in [5.41, 5.74) is 0.941. The Balaban J connectivity index is 2.87. The molecule has 0 bridgehead atoms. The lowest BCUT2D eigenvalue weighted by atomic mass is 10.0. The van der Waals surface area contributed by atoms with E-state index in [1.54, 1.807) is 12.1 Å². The quantitative estimate of drug-likeness (QED) is 0.801. The number of hydrogen-bond donors (Lipinski definition) is 1. The van der Waals surface area contributed by atoms with Crippen molar-refractivity contribution in [3.8, 4) is 0 Å². The standard InChI is InChI=1S/C14H23ClN2O2S/c1-4-11-20(18,19)16-14(9-10-17(2)3)12-5-7-13(15)8-6-12/h5-8,14,16H,4,9-11H2,1-3H3. The highest BCUT2D eigenvalue weighted by Crippen LogP contribution is 2.20. The van der Waals surface area contributed by atoms with E-state index >= 15 is 0 Å². The second kappa shape index (κ2) is 7.98. The fraction of sp³-hybridized carbons (Fsp3) is 0.571. The van der Waals surface area contributed by atoms with Gasteiger partial charge in [-0.3, -0.25) is 0 Å². The van der Waals surface area contributed by atoms with Gasteiger partial charge in [0, 0.05) is 11.1 Å². The highest BCUT2D eigenvalue weighted by Gasteiger charge is 2.18. The van der Waals surface area contributed by atoms with Crippen molar-refractivity contribution < 1.29 is 8.42 Å². The van der Waals surface area contributed by atoms with Crippen molar-refractivity contribution in [3.05, 3.63) is 34.9 Å². The maximum absolute atomic E-state index is 12.0. The summed E-state index contributed by atoms with van der Waals surface area (Å²) in [6, 6.07) is 7.10. The molecule has 114 valence electrons. The van der Waals surface area contributed by atoms with E-state index in [0.717, 1.165) is 18.5 Å². The lowest BCUT2D eigenvalue weighted by Crippen LogP contribution is -2.32. The third kappa shape index (κ3) is 6.22. The molecule has 0 fully saturated rings. The Morgan fingerprint density at radius 1 is 1.25 bits per heavy atom. The van der Waals surface area contributed by atoms with Gasteiger partial charge in [-0.15, -0.1) is 0 Å². The smallest absolute Gasteiger partial charge is 0.212 e. The molecule has 0 saturated heterocycles. The zero-order valence-electron chi connectivity index (χ0n) is 12.3. The first kappa shape index (κ1) is 17.4. The number of nitrogens with one attached hydrogen (secondary N) is 1. The van der Waals surface area contributed by atoms with Crippen LogP contribution in [0.3, 0.4) is 0 Å². The van der Waals surface area contributed by atoms with Crippen LogP contribution in [0.15, 0.2) is 24.3 Å². The molecule has 0 amide bonds. The molecule has 0 saturated carbocycles. The van der Waals surface area contributed by atoms with Crippen LogP contribution in [0, 0.1) is 0 Å². The largest absolute Gasteiger partial charge is 0.309 e. The van der Waals surface area contributed by atoms with Gasteiger partial charge in [-0.05, 0) is 51.2 Å². The number of nitrogens with zero attached hydrogens (tertiary/aromatic N) is 1. The number of hydrogen-bond acceptors (Lipinski definition) is 3. The van der Waals surface area contributed by atoms with E-state index in [9.17, 15) is 8.42 Å². The molecule has 1 aromatic carbocycles. The molecule has 0 aromatic heterocycles. The second-order valence-corrected chi connectivity index (χ2v) is 7.44. The molecule has 1 rings (SSSR count). The summed E-state index contributed by atoms with van der Waals surface area (Å²) >= 11 is 5.88. The number of benzene rings is 1. The lowest BCUT2D eigenvalue weighted by molar-refractivity contribution is 0.375. The van der Waals surface area contributed by atoms with E-state index in [0.29, 0.717) is 11.4 Å². The molecule has 4 nitrogen and oxygen atoms in total. The maximum Gasteiger partial charge on any atom is 0.212 e. The van der Waals surface area contributed by atoms with E-state index in [1.807, 2.05) is 38.1 Å². The van der Waals surface area contributed by atoms with Gasteiger partial charge in [0.05, 0.1) is 5.75 Å². The summed E-state index contributed by atoms with van der Waals surface area (Å²) < 4.78 is 26.7. The first-order valence-electron chi connectivity index (χ1n) is 6.74. The van der Waals surface area contributed by atoms with Gasteiger partial charge in [-0.2, -0.15) is 0 Å². The third-order valence-electron chi connectivity index (χ3n) is 2.93. The number of halogens is 1. The Hall–Kier alpha value is -0.620. The molecule has 1 atom stereocenters. The molecule has 20 heavy (non-hydrogen) atoms. The van der Waals surface area contributed by atoms with Gasteiger partial charge in [0.25, 0.3) is 0 Å². The van der Waals surface area contributed by atoms with Crippen LogP contribution in [0.5, 0.6) is 0 Å². The second-order valence-electron chi connectivity index (χ2n) is 5.13. The van der Waals surface area contributed by atoms with E-state index in [1.165, 1.54) is 0 Å². The third-order valence-corrected chi connectivity index (χ3v) is 4.77. The minimum Gasteiger partial charge on any atom is -0.309 e. The van der Waals surface area contributed by atoms with Gasteiger partial charge in [0.1, 0.15) is 0 Å². The molecule has 0 heterocycles. The van der Waals surface area contributed by atoms with Gasteiger partial charge < -0.3 is 4.90 Å². The summed E-state index contributed by atoms with van der Waals surface area (Å²) in [6.45, 7) is 2.66. The van der Waals surface area contributed by atoms with Gasteiger partial charge in [-0.1, -0.05) is 30.7 Å². The van der Waals surface area contributed by atoms with Gasteiger partial charge in [-0.25, -0.2) is 13.1 Å².